The number of carbonyl (C=O) groups is 1. The zero-order chi connectivity index (χ0) is 17.0. The van der Waals surface area contributed by atoms with Crippen LogP contribution in [0.15, 0.2) is 40.9 Å². The van der Waals surface area contributed by atoms with Gasteiger partial charge in [-0.2, -0.15) is 0 Å². The Morgan fingerprint density at radius 2 is 1.78 bits per heavy atom. The van der Waals surface area contributed by atoms with Crippen molar-refractivity contribution in [2.75, 3.05) is 7.11 Å². The lowest BCUT2D eigenvalue weighted by Crippen LogP contribution is -2.17. The second-order valence-electron chi connectivity index (χ2n) is 4.26. The lowest BCUT2D eigenvalue weighted by atomic mass is 10.2. The number of rotatable bonds is 5. The molecule has 2 aromatic rings. The van der Waals surface area contributed by atoms with Crippen LogP contribution >= 0.6 is 15.9 Å². The highest BCUT2D eigenvalue weighted by Gasteiger charge is 2.31. The van der Waals surface area contributed by atoms with E-state index in [1.807, 2.05) is 0 Å². The number of aldehydes is 1. The number of hydrogen-bond acceptors (Lipinski definition) is 4. The van der Waals surface area contributed by atoms with Gasteiger partial charge in [-0.1, -0.05) is 15.9 Å². The van der Waals surface area contributed by atoms with Crippen LogP contribution < -0.4 is 14.2 Å². The maximum Gasteiger partial charge on any atom is 0.573 e. The normalized spacial score (nSPS) is 11.0. The van der Waals surface area contributed by atoms with E-state index in [4.69, 9.17) is 9.47 Å². The van der Waals surface area contributed by atoms with Crippen molar-refractivity contribution in [1.82, 2.24) is 0 Å². The molecule has 0 saturated carbocycles. The molecule has 0 heterocycles. The van der Waals surface area contributed by atoms with Gasteiger partial charge in [-0.25, -0.2) is 0 Å². The van der Waals surface area contributed by atoms with Crippen molar-refractivity contribution in [2.24, 2.45) is 0 Å². The first-order valence-corrected chi connectivity index (χ1v) is 6.98. The quantitative estimate of drug-likeness (QED) is 0.676. The Balaban J connectivity index is 2.33. The minimum atomic E-state index is -4.80. The molecule has 0 atom stereocenters. The predicted octanol–water partition coefficient (Wildman–Crippen LogP) is 4.96. The van der Waals surface area contributed by atoms with Crippen molar-refractivity contribution in [1.29, 1.82) is 0 Å². The highest BCUT2D eigenvalue weighted by atomic mass is 79.9. The number of benzene rings is 2. The van der Waals surface area contributed by atoms with Gasteiger partial charge in [0.2, 0.25) is 0 Å². The van der Waals surface area contributed by atoms with Crippen LogP contribution in [-0.2, 0) is 0 Å². The zero-order valence-electron chi connectivity index (χ0n) is 11.7. The van der Waals surface area contributed by atoms with E-state index < -0.39 is 12.1 Å². The first-order chi connectivity index (χ1) is 10.8. The maximum atomic E-state index is 12.2. The number of hydrogen-bond donors (Lipinski definition) is 0. The third-order valence-electron chi connectivity index (χ3n) is 2.69. The molecule has 8 heteroatoms. The molecule has 0 aliphatic carbocycles. The van der Waals surface area contributed by atoms with E-state index in [2.05, 4.69) is 20.7 Å². The third-order valence-corrected chi connectivity index (χ3v) is 3.18. The summed E-state index contributed by atoms with van der Waals surface area (Å²) in [6, 6.07) is 8.15. The van der Waals surface area contributed by atoms with E-state index in [1.54, 1.807) is 18.2 Å². The van der Waals surface area contributed by atoms with Crippen molar-refractivity contribution in [3.05, 3.63) is 46.4 Å². The van der Waals surface area contributed by atoms with Crippen LogP contribution in [0.1, 0.15) is 10.4 Å². The van der Waals surface area contributed by atoms with Crippen molar-refractivity contribution >= 4 is 22.2 Å². The number of halogens is 4. The summed E-state index contributed by atoms with van der Waals surface area (Å²) in [5.41, 5.74) is 0.283. The molecule has 0 fully saturated rings. The minimum absolute atomic E-state index is 0.0311. The molecule has 4 nitrogen and oxygen atoms in total. The second kappa shape index (κ2) is 6.91. The topological polar surface area (TPSA) is 44.8 Å². The number of alkyl halides is 3. The Morgan fingerprint density at radius 3 is 2.39 bits per heavy atom. The van der Waals surface area contributed by atoms with Gasteiger partial charge >= 0.3 is 6.36 Å². The van der Waals surface area contributed by atoms with Crippen molar-refractivity contribution in [3.63, 3.8) is 0 Å². The average molecular weight is 391 g/mol. The highest BCUT2D eigenvalue weighted by Crippen LogP contribution is 2.37. The average Bonchev–Trinajstić information content (AvgIpc) is 2.47. The van der Waals surface area contributed by atoms with E-state index in [9.17, 15) is 18.0 Å². The maximum absolute atomic E-state index is 12.2. The Kier molecular flexibility index (Phi) is 5.15. The lowest BCUT2D eigenvalue weighted by Gasteiger charge is -2.14. The van der Waals surface area contributed by atoms with Gasteiger partial charge in [0.05, 0.1) is 12.7 Å². The highest BCUT2D eigenvalue weighted by molar-refractivity contribution is 9.10. The fourth-order valence-electron chi connectivity index (χ4n) is 1.74. The Hall–Kier alpha value is -2.22. The molecule has 0 bridgehead atoms. The molecule has 2 aromatic carbocycles. The van der Waals surface area contributed by atoms with Gasteiger partial charge in [0, 0.05) is 10.5 Å². The largest absolute Gasteiger partial charge is 0.573 e. The summed E-state index contributed by atoms with van der Waals surface area (Å²) in [6.07, 6.45) is -4.20. The molecule has 0 aromatic heterocycles. The van der Waals surface area contributed by atoms with Gasteiger partial charge in [-0.3, -0.25) is 4.79 Å². The Morgan fingerprint density at radius 1 is 1.04 bits per heavy atom. The summed E-state index contributed by atoms with van der Waals surface area (Å²) in [5, 5.41) is 0. The zero-order valence-corrected chi connectivity index (χ0v) is 13.3. The SMILES string of the molecule is COc1cc(OC(F)(F)F)ccc1Oc1cc(Br)ccc1C=O. The van der Waals surface area contributed by atoms with E-state index >= 15 is 0 Å². The fraction of sp³-hybridized carbons (Fsp3) is 0.133. The van der Waals surface area contributed by atoms with E-state index in [0.29, 0.717) is 10.8 Å². The molecule has 0 N–H and O–H groups in total. The molecule has 0 saturated heterocycles. The summed E-state index contributed by atoms with van der Waals surface area (Å²) >= 11 is 3.25. The molecule has 2 rings (SSSR count). The van der Waals surface area contributed by atoms with Crippen molar-refractivity contribution < 1.29 is 32.2 Å². The van der Waals surface area contributed by atoms with Crippen molar-refractivity contribution in [2.45, 2.75) is 6.36 Å². The Labute approximate surface area is 137 Å². The fourth-order valence-corrected chi connectivity index (χ4v) is 2.08. The van der Waals surface area contributed by atoms with E-state index in [-0.39, 0.29) is 22.8 Å². The molecule has 0 amide bonds. The molecule has 0 radical (unpaired) electrons. The van der Waals surface area contributed by atoms with Crippen LogP contribution in [0, 0.1) is 0 Å². The number of methoxy groups -OCH3 is 1. The summed E-state index contributed by atoms with van der Waals surface area (Å²) in [6.45, 7) is 0. The van der Waals surface area contributed by atoms with Gasteiger partial charge < -0.3 is 14.2 Å². The predicted molar refractivity (Wildman–Crippen MR) is 79.3 cm³/mol. The molecule has 0 aliphatic heterocycles. The number of carbonyl (C=O) groups excluding carboxylic acids is 1. The van der Waals surface area contributed by atoms with Crippen LogP contribution in [0.25, 0.3) is 0 Å². The van der Waals surface area contributed by atoms with Crippen molar-refractivity contribution in [3.8, 4) is 23.0 Å². The molecule has 0 aliphatic rings. The first-order valence-electron chi connectivity index (χ1n) is 6.19. The Bertz CT molecular complexity index is 716. The van der Waals surface area contributed by atoms with E-state index in [0.717, 1.165) is 12.1 Å². The lowest BCUT2D eigenvalue weighted by molar-refractivity contribution is -0.274. The minimum Gasteiger partial charge on any atom is -0.493 e. The van der Waals surface area contributed by atoms with Gasteiger partial charge in [0.25, 0.3) is 0 Å². The van der Waals surface area contributed by atoms with Crippen LogP contribution in [-0.4, -0.2) is 19.8 Å². The summed E-state index contributed by atoms with van der Waals surface area (Å²) in [5.74, 6) is -0.0319. The second-order valence-corrected chi connectivity index (χ2v) is 5.18. The summed E-state index contributed by atoms with van der Waals surface area (Å²) in [4.78, 5) is 11.0. The molecule has 0 spiro atoms. The van der Waals surface area contributed by atoms with Crippen LogP contribution in [0.5, 0.6) is 23.0 Å². The monoisotopic (exact) mass is 390 g/mol. The molecule has 122 valence electrons. The molecular weight excluding hydrogens is 381 g/mol. The third kappa shape index (κ3) is 4.62. The van der Waals surface area contributed by atoms with Gasteiger partial charge in [0.1, 0.15) is 11.5 Å². The van der Waals surface area contributed by atoms with Gasteiger partial charge in [0.15, 0.2) is 17.8 Å². The number of ether oxygens (including phenoxy) is 3. The first kappa shape index (κ1) is 17.1. The van der Waals surface area contributed by atoms with Crippen LogP contribution in [0.3, 0.4) is 0 Å². The smallest absolute Gasteiger partial charge is 0.493 e. The molecule has 23 heavy (non-hydrogen) atoms. The molecule has 0 unspecified atom stereocenters. The summed E-state index contributed by atoms with van der Waals surface area (Å²) < 4.78 is 51.7. The van der Waals surface area contributed by atoms with Gasteiger partial charge in [-0.15, -0.1) is 13.2 Å². The molecular formula is C15H10BrF3O4. The standard InChI is InChI=1S/C15H10BrF3O4/c1-21-14-7-11(23-15(17,18)19)4-5-12(14)22-13-6-10(16)3-2-9(13)8-20/h2-8H,1H3. The van der Waals surface area contributed by atoms with E-state index in [1.165, 1.54) is 13.2 Å². The van der Waals surface area contributed by atoms with Crippen LogP contribution in [0.2, 0.25) is 0 Å². The van der Waals surface area contributed by atoms with Gasteiger partial charge in [-0.05, 0) is 30.3 Å². The van der Waals surface area contributed by atoms with Crippen LogP contribution in [0.4, 0.5) is 13.2 Å². The summed E-state index contributed by atoms with van der Waals surface area (Å²) in [7, 11) is 1.28.